The molecule has 112 valence electrons. The van der Waals surface area contributed by atoms with E-state index in [9.17, 15) is 8.78 Å². The number of hydrogen-bond acceptors (Lipinski definition) is 4. The lowest BCUT2D eigenvalue weighted by Gasteiger charge is -2.32. The SMILES string of the molecule is COc1cccc(CN2CCNC(C)C2)c1OC(F)F. The maximum absolute atomic E-state index is 12.6. The molecule has 4 nitrogen and oxygen atoms in total. The second-order valence-electron chi connectivity index (χ2n) is 4.92. The quantitative estimate of drug-likeness (QED) is 0.898. The molecule has 1 saturated heterocycles. The predicted molar refractivity (Wildman–Crippen MR) is 72.4 cm³/mol. The highest BCUT2D eigenvalue weighted by Gasteiger charge is 2.20. The van der Waals surface area contributed by atoms with Gasteiger partial charge in [-0.25, -0.2) is 0 Å². The van der Waals surface area contributed by atoms with Gasteiger partial charge in [-0.15, -0.1) is 0 Å². The van der Waals surface area contributed by atoms with Crippen LogP contribution in [0.25, 0.3) is 0 Å². The van der Waals surface area contributed by atoms with Crippen molar-refractivity contribution in [3.05, 3.63) is 23.8 Å². The molecule has 0 radical (unpaired) electrons. The van der Waals surface area contributed by atoms with Crippen LogP contribution in [0.2, 0.25) is 0 Å². The van der Waals surface area contributed by atoms with Gasteiger partial charge in [0.1, 0.15) is 0 Å². The zero-order valence-corrected chi connectivity index (χ0v) is 11.7. The average molecular weight is 286 g/mol. The Balaban J connectivity index is 2.17. The van der Waals surface area contributed by atoms with Gasteiger partial charge in [0.2, 0.25) is 0 Å². The van der Waals surface area contributed by atoms with Crippen molar-refractivity contribution in [3.8, 4) is 11.5 Å². The number of benzene rings is 1. The predicted octanol–water partition coefficient (Wildman–Crippen LogP) is 2.09. The molecule has 1 atom stereocenters. The standard InChI is InChI=1S/C14H20F2N2O2/c1-10-8-18(7-6-17-10)9-11-4-3-5-12(19-2)13(11)20-14(15)16/h3-5,10,14,17H,6-9H2,1-2H3. The number of hydrogen-bond donors (Lipinski definition) is 1. The molecule has 1 unspecified atom stereocenters. The molecule has 0 saturated carbocycles. The number of alkyl halides is 2. The fourth-order valence-corrected chi connectivity index (χ4v) is 2.47. The second-order valence-corrected chi connectivity index (χ2v) is 4.92. The highest BCUT2D eigenvalue weighted by Crippen LogP contribution is 2.33. The number of ether oxygens (including phenoxy) is 2. The minimum Gasteiger partial charge on any atom is -0.493 e. The molecule has 0 aromatic heterocycles. The lowest BCUT2D eigenvalue weighted by molar-refractivity contribution is -0.0522. The second kappa shape index (κ2) is 6.85. The third-order valence-electron chi connectivity index (χ3n) is 3.33. The van der Waals surface area contributed by atoms with Crippen LogP contribution in [0.3, 0.4) is 0 Å². The maximum Gasteiger partial charge on any atom is 0.387 e. The summed E-state index contributed by atoms with van der Waals surface area (Å²) in [6, 6.07) is 5.61. The van der Waals surface area contributed by atoms with Crippen LogP contribution >= 0.6 is 0 Å². The Hall–Kier alpha value is -1.40. The lowest BCUT2D eigenvalue weighted by atomic mass is 10.1. The zero-order chi connectivity index (χ0) is 14.5. The first-order valence-corrected chi connectivity index (χ1v) is 6.66. The number of methoxy groups -OCH3 is 1. The van der Waals surface area contributed by atoms with E-state index >= 15 is 0 Å². The van der Waals surface area contributed by atoms with Crippen molar-refractivity contribution >= 4 is 0 Å². The maximum atomic E-state index is 12.6. The molecule has 1 aromatic carbocycles. The van der Waals surface area contributed by atoms with Gasteiger partial charge in [0, 0.05) is 37.8 Å². The molecular weight excluding hydrogens is 266 g/mol. The number of para-hydroxylation sites is 1. The molecule has 20 heavy (non-hydrogen) atoms. The van der Waals surface area contributed by atoms with Crippen LogP contribution in [-0.4, -0.2) is 44.3 Å². The van der Waals surface area contributed by atoms with Crippen LogP contribution in [0, 0.1) is 0 Å². The Kier molecular flexibility index (Phi) is 5.14. The number of nitrogens with one attached hydrogen (secondary N) is 1. The van der Waals surface area contributed by atoms with Gasteiger partial charge in [0.25, 0.3) is 0 Å². The molecule has 2 rings (SSSR count). The third kappa shape index (κ3) is 3.80. The van der Waals surface area contributed by atoms with E-state index in [-0.39, 0.29) is 5.75 Å². The van der Waals surface area contributed by atoms with E-state index in [2.05, 4.69) is 21.9 Å². The van der Waals surface area contributed by atoms with E-state index in [1.54, 1.807) is 18.2 Å². The molecule has 6 heteroatoms. The molecule has 0 bridgehead atoms. The smallest absolute Gasteiger partial charge is 0.387 e. The normalized spacial score (nSPS) is 20.1. The third-order valence-corrected chi connectivity index (χ3v) is 3.33. The summed E-state index contributed by atoms with van der Waals surface area (Å²) in [5.41, 5.74) is 0.721. The molecule has 1 aliphatic rings. The van der Waals surface area contributed by atoms with E-state index in [0.29, 0.717) is 18.3 Å². The van der Waals surface area contributed by atoms with Gasteiger partial charge in [-0.05, 0) is 13.0 Å². The fraction of sp³-hybridized carbons (Fsp3) is 0.571. The first-order valence-electron chi connectivity index (χ1n) is 6.66. The van der Waals surface area contributed by atoms with Crippen molar-refractivity contribution in [2.24, 2.45) is 0 Å². The number of halogens is 2. The van der Waals surface area contributed by atoms with Crippen molar-refractivity contribution in [1.29, 1.82) is 0 Å². The Labute approximate surface area is 117 Å². The molecule has 1 aliphatic heterocycles. The van der Waals surface area contributed by atoms with Crippen LogP contribution in [-0.2, 0) is 6.54 Å². The molecule has 0 spiro atoms. The molecule has 1 aromatic rings. The topological polar surface area (TPSA) is 33.7 Å². The van der Waals surface area contributed by atoms with E-state index in [1.165, 1.54) is 7.11 Å². The van der Waals surface area contributed by atoms with Crippen LogP contribution in [0.1, 0.15) is 12.5 Å². The summed E-state index contributed by atoms with van der Waals surface area (Å²) >= 11 is 0. The molecule has 1 fully saturated rings. The summed E-state index contributed by atoms with van der Waals surface area (Å²) in [5, 5.41) is 3.35. The highest BCUT2D eigenvalue weighted by atomic mass is 19.3. The molecular formula is C14H20F2N2O2. The molecule has 0 amide bonds. The van der Waals surface area contributed by atoms with Crippen LogP contribution in [0.4, 0.5) is 8.78 Å². The Morgan fingerprint density at radius 3 is 2.90 bits per heavy atom. The summed E-state index contributed by atoms with van der Waals surface area (Å²) in [7, 11) is 1.45. The van der Waals surface area contributed by atoms with Gasteiger partial charge >= 0.3 is 6.61 Å². The van der Waals surface area contributed by atoms with Gasteiger partial charge < -0.3 is 14.8 Å². The van der Waals surface area contributed by atoms with Crippen LogP contribution < -0.4 is 14.8 Å². The van der Waals surface area contributed by atoms with Gasteiger partial charge in [-0.2, -0.15) is 8.78 Å². The van der Waals surface area contributed by atoms with E-state index in [1.807, 2.05) is 0 Å². The Morgan fingerprint density at radius 1 is 1.45 bits per heavy atom. The number of piperazine rings is 1. The van der Waals surface area contributed by atoms with Gasteiger partial charge in [0.05, 0.1) is 7.11 Å². The van der Waals surface area contributed by atoms with Crippen LogP contribution in [0.15, 0.2) is 18.2 Å². The number of rotatable bonds is 5. The molecule has 1 heterocycles. The van der Waals surface area contributed by atoms with E-state index in [4.69, 9.17) is 4.74 Å². The van der Waals surface area contributed by atoms with Gasteiger partial charge in [-0.3, -0.25) is 4.90 Å². The van der Waals surface area contributed by atoms with Crippen molar-refractivity contribution in [1.82, 2.24) is 10.2 Å². The molecule has 1 N–H and O–H groups in total. The summed E-state index contributed by atoms with van der Waals surface area (Å²) in [5.74, 6) is 0.474. The lowest BCUT2D eigenvalue weighted by Crippen LogP contribution is -2.48. The van der Waals surface area contributed by atoms with Crippen molar-refractivity contribution in [2.45, 2.75) is 26.1 Å². The summed E-state index contributed by atoms with van der Waals surface area (Å²) in [6.07, 6.45) is 0. The highest BCUT2D eigenvalue weighted by molar-refractivity contribution is 5.46. The molecule has 0 aliphatic carbocycles. The van der Waals surface area contributed by atoms with E-state index < -0.39 is 6.61 Å². The summed E-state index contributed by atoms with van der Waals surface area (Å²) in [4.78, 5) is 2.22. The number of nitrogens with zero attached hydrogens (tertiary/aromatic N) is 1. The average Bonchev–Trinajstić information content (AvgIpc) is 2.40. The zero-order valence-electron chi connectivity index (χ0n) is 11.7. The van der Waals surface area contributed by atoms with Crippen molar-refractivity contribution in [2.75, 3.05) is 26.7 Å². The van der Waals surface area contributed by atoms with Crippen molar-refractivity contribution in [3.63, 3.8) is 0 Å². The van der Waals surface area contributed by atoms with Crippen LogP contribution in [0.5, 0.6) is 11.5 Å². The van der Waals surface area contributed by atoms with Gasteiger partial charge in [0.15, 0.2) is 11.5 Å². The Morgan fingerprint density at radius 2 is 2.25 bits per heavy atom. The first kappa shape index (κ1) is 15.0. The minimum atomic E-state index is -2.85. The van der Waals surface area contributed by atoms with Gasteiger partial charge in [-0.1, -0.05) is 12.1 Å². The summed E-state index contributed by atoms with van der Waals surface area (Å²) < 4.78 is 34.9. The minimum absolute atomic E-state index is 0.135. The fourth-order valence-electron chi connectivity index (χ4n) is 2.47. The van der Waals surface area contributed by atoms with Crippen molar-refractivity contribution < 1.29 is 18.3 Å². The summed E-state index contributed by atoms with van der Waals surface area (Å²) in [6.45, 7) is 2.49. The van der Waals surface area contributed by atoms with E-state index in [0.717, 1.165) is 25.2 Å². The first-order chi connectivity index (χ1) is 9.60. The largest absolute Gasteiger partial charge is 0.493 e. The monoisotopic (exact) mass is 286 g/mol. The Bertz CT molecular complexity index is 443.